The number of amides is 1. The normalized spacial score (nSPS) is 14.3. The largest absolute Gasteiger partial charge is 0.465 e. The van der Waals surface area contributed by atoms with E-state index in [-0.39, 0.29) is 5.91 Å². The average Bonchev–Trinajstić information content (AvgIpc) is 2.54. The number of carbonyl (C=O) groups excluding carboxylic acids is 2. The Morgan fingerprint density at radius 3 is 2.67 bits per heavy atom. The third-order valence-electron chi connectivity index (χ3n) is 3.81. The maximum atomic E-state index is 12.4. The number of ether oxygens (including phenoxy) is 1. The van der Waals surface area contributed by atoms with Crippen LogP contribution >= 0.6 is 0 Å². The highest BCUT2D eigenvalue weighted by Crippen LogP contribution is 2.24. The molecule has 21 heavy (non-hydrogen) atoms. The SMILES string of the molecule is COC(=O)c1ccccc1N(C)C(=O)CC1=CCCCC1. The van der Waals surface area contributed by atoms with Crippen LogP contribution in [0.1, 0.15) is 42.5 Å². The molecule has 1 aliphatic rings. The zero-order chi connectivity index (χ0) is 15.2. The van der Waals surface area contributed by atoms with Gasteiger partial charge in [-0.3, -0.25) is 4.79 Å². The van der Waals surface area contributed by atoms with E-state index in [4.69, 9.17) is 4.74 Å². The van der Waals surface area contributed by atoms with Gasteiger partial charge in [0.05, 0.1) is 18.4 Å². The Kier molecular flexibility index (Phi) is 5.14. The molecule has 4 nitrogen and oxygen atoms in total. The molecule has 2 rings (SSSR count). The summed E-state index contributed by atoms with van der Waals surface area (Å²) in [6.45, 7) is 0. The highest BCUT2D eigenvalue weighted by Gasteiger charge is 2.19. The van der Waals surface area contributed by atoms with Gasteiger partial charge in [0, 0.05) is 13.5 Å². The third-order valence-corrected chi connectivity index (χ3v) is 3.81. The second-order valence-electron chi connectivity index (χ2n) is 5.25. The molecule has 0 aliphatic heterocycles. The number of methoxy groups -OCH3 is 1. The molecule has 0 radical (unpaired) electrons. The summed E-state index contributed by atoms with van der Waals surface area (Å²) in [5.41, 5.74) is 2.20. The van der Waals surface area contributed by atoms with Gasteiger partial charge in [-0.1, -0.05) is 23.8 Å². The van der Waals surface area contributed by atoms with Crippen molar-refractivity contribution < 1.29 is 14.3 Å². The van der Waals surface area contributed by atoms with E-state index >= 15 is 0 Å². The lowest BCUT2D eigenvalue weighted by Gasteiger charge is -2.21. The van der Waals surface area contributed by atoms with Gasteiger partial charge in [0.15, 0.2) is 0 Å². The van der Waals surface area contributed by atoms with Crippen molar-refractivity contribution in [3.63, 3.8) is 0 Å². The van der Waals surface area contributed by atoms with Gasteiger partial charge >= 0.3 is 5.97 Å². The fraction of sp³-hybridized carbons (Fsp3) is 0.412. The molecule has 0 heterocycles. The molecule has 0 bridgehead atoms. The van der Waals surface area contributed by atoms with E-state index in [1.165, 1.54) is 19.1 Å². The van der Waals surface area contributed by atoms with Crippen molar-refractivity contribution in [2.45, 2.75) is 32.1 Å². The minimum atomic E-state index is -0.429. The third kappa shape index (κ3) is 3.72. The maximum absolute atomic E-state index is 12.4. The Bertz CT molecular complexity index is 563. The van der Waals surface area contributed by atoms with Crippen LogP contribution in [0.4, 0.5) is 5.69 Å². The van der Waals surface area contributed by atoms with Gasteiger partial charge in [-0.2, -0.15) is 0 Å². The van der Waals surface area contributed by atoms with Gasteiger partial charge in [0.2, 0.25) is 5.91 Å². The molecule has 0 N–H and O–H groups in total. The Morgan fingerprint density at radius 2 is 2.00 bits per heavy atom. The molecular formula is C17H21NO3. The average molecular weight is 287 g/mol. The van der Waals surface area contributed by atoms with Crippen molar-refractivity contribution in [3.8, 4) is 0 Å². The van der Waals surface area contributed by atoms with Crippen molar-refractivity contribution in [1.29, 1.82) is 0 Å². The van der Waals surface area contributed by atoms with Crippen molar-refractivity contribution in [2.24, 2.45) is 0 Å². The number of nitrogens with zero attached hydrogens (tertiary/aromatic N) is 1. The van der Waals surface area contributed by atoms with E-state index in [0.29, 0.717) is 17.7 Å². The van der Waals surface area contributed by atoms with Gasteiger partial charge in [0.1, 0.15) is 0 Å². The number of anilines is 1. The summed E-state index contributed by atoms with van der Waals surface area (Å²) >= 11 is 0. The number of carbonyl (C=O) groups is 2. The molecule has 112 valence electrons. The zero-order valence-electron chi connectivity index (χ0n) is 12.6. The molecule has 4 heteroatoms. The molecule has 0 fully saturated rings. The van der Waals surface area contributed by atoms with Crippen molar-refractivity contribution in [3.05, 3.63) is 41.5 Å². The second kappa shape index (κ2) is 7.07. The van der Waals surface area contributed by atoms with Crippen LogP contribution in [-0.2, 0) is 9.53 Å². The molecule has 0 saturated carbocycles. The van der Waals surface area contributed by atoms with Crippen LogP contribution in [-0.4, -0.2) is 26.0 Å². The molecule has 1 aliphatic carbocycles. The molecule has 0 unspecified atom stereocenters. The monoisotopic (exact) mass is 287 g/mol. The summed E-state index contributed by atoms with van der Waals surface area (Å²) in [5.74, 6) is -0.429. The second-order valence-corrected chi connectivity index (χ2v) is 5.25. The fourth-order valence-corrected chi connectivity index (χ4v) is 2.56. The lowest BCUT2D eigenvalue weighted by atomic mass is 9.97. The maximum Gasteiger partial charge on any atom is 0.339 e. The summed E-state index contributed by atoms with van der Waals surface area (Å²) in [7, 11) is 3.04. The van der Waals surface area contributed by atoms with Crippen molar-refractivity contribution in [2.75, 3.05) is 19.1 Å². The number of benzene rings is 1. The van der Waals surface area contributed by atoms with Crippen molar-refractivity contribution >= 4 is 17.6 Å². The number of hydrogen-bond acceptors (Lipinski definition) is 3. The lowest BCUT2D eigenvalue weighted by Crippen LogP contribution is -2.28. The minimum Gasteiger partial charge on any atom is -0.465 e. The Labute approximate surface area is 125 Å². The quantitative estimate of drug-likeness (QED) is 0.630. The Morgan fingerprint density at radius 1 is 1.24 bits per heavy atom. The van der Waals surface area contributed by atoms with Crippen LogP contribution in [0.25, 0.3) is 0 Å². The number of allylic oxidation sites excluding steroid dienone is 1. The van der Waals surface area contributed by atoms with E-state index in [9.17, 15) is 9.59 Å². The van der Waals surface area contributed by atoms with Crippen LogP contribution < -0.4 is 4.90 Å². The van der Waals surface area contributed by atoms with Gasteiger partial charge < -0.3 is 9.64 Å². The first-order valence-electron chi connectivity index (χ1n) is 7.25. The van der Waals surface area contributed by atoms with Gasteiger partial charge in [-0.15, -0.1) is 0 Å². The van der Waals surface area contributed by atoms with Crippen LogP contribution in [0.5, 0.6) is 0 Å². The highest BCUT2D eigenvalue weighted by molar-refractivity contribution is 6.02. The smallest absolute Gasteiger partial charge is 0.339 e. The molecule has 1 aromatic rings. The van der Waals surface area contributed by atoms with E-state index in [1.54, 1.807) is 30.1 Å². The van der Waals surface area contributed by atoms with E-state index in [2.05, 4.69) is 6.08 Å². The zero-order valence-corrected chi connectivity index (χ0v) is 12.6. The van der Waals surface area contributed by atoms with E-state index < -0.39 is 5.97 Å². The summed E-state index contributed by atoms with van der Waals surface area (Å²) in [6, 6.07) is 7.01. The standard InChI is InChI=1S/C17H21NO3/c1-18(16(19)12-13-8-4-3-5-9-13)15-11-7-6-10-14(15)17(20)21-2/h6-8,10-11H,3-5,9,12H2,1-2H3. The highest BCUT2D eigenvalue weighted by atomic mass is 16.5. The number of hydrogen-bond donors (Lipinski definition) is 0. The fourth-order valence-electron chi connectivity index (χ4n) is 2.56. The summed E-state index contributed by atoms with van der Waals surface area (Å²) in [4.78, 5) is 25.7. The van der Waals surface area contributed by atoms with Crippen LogP contribution in [0.2, 0.25) is 0 Å². The lowest BCUT2D eigenvalue weighted by molar-refractivity contribution is -0.117. The Balaban J connectivity index is 2.15. The topological polar surface area (TPSA) is 46.6 Å². The van der Waals surface area contributed by atoms with Gasteiger partial charge in [0.25, 0.3) is 0 Å². The Hall–Kier alpha value is -2.10. The number of rotatable bonds is 4. The van der Waals surface area contributed by atoms with E-state index in [1.807, 2.05) is 6.07 Å². The molecular weight excluding hydrogens is 266 g/mol. The molecule has 0 aromatic heterocycles. The van der Waals surface area contributed by atoms with Gasteiger partial charge in [-0.25, -0.2) is 4.79 Å². The molecule has 0 saturated heterocycles. The summed E-state index contributed by atoms with van der Waals surface area (Å²) < 4.78 is 4.77. The predicted octanol–water partition coefficient (Wildman–Crippen LogP) is 3.33. The molecule has 1 amide bonds. The van der Waals surface area contributed by atoms with Crippen LogP contribution in [0, 0.1) is 0 Å². The van der Waals surface area contributed by atoms with E-state index in [0.717, 1.165) is 19.3 Å². The first-order valence-corrected chi connectivity index (χ1v) is 7.25. The van der Waals surface area contributed by atoms with Crippen molar-refractivity contribution in [1.82, 2.24) is 0 Å². The van der Waals surface area contributed by atoms with Gasteiger partial charge in [-0.05, 0) is 37.8 Å². The predicted molar refractivity (Wildman–Crippen MR) is 82.4 cm³/mol. The first kappa shape index (κ1) is 15.3. The summed E-state index contributed by atoms with van der Waals surface area (Å²) in [5, 5.41) is 0. The first-order chi connectivity index (χ1) is 10.1. The van der Waals surface area contributed by atoms with Crippen LogP contribution in [0.3, 0.4) is 0 Å². The molecule has 1 aromatic carbocycles. The minimum absolute atomic E-state index is 0.000460. The van der Waals surface area contributed by atoms with Crippen LogP contribution in [0.15, 0.2) is 35.9 Å². The summed E-state index contributed by atoms with van der Waals surface area (Å²) in [6.07, 6.45) is 7.01. The molecule has 0 atom stereocenters. The molecule has 0 spiro atoms. The number of esters is 1. The number of para-hydroxylation sites is 1.